The molecule has 0 radical (unpaired) electrons. The highest BCUT2D eigenvalue weighted by atomic mass is 35.5. The summed E-state index contributed by atoms with van der Waals surface area (Å²) in [6.07, 6.45) is 1.98. The van der Waals surface area contributed by atoms with E-state index in [-0.39, 0.29) is 18.2 Å². The molecule has 1 aromatic heterocycles. The first-order valence-electron chi connectivity index (χ1n) is 10.0. The van der Waals surface area contributed by atoms with Crippen LogP contribution in [0.25, 0.3) is 11.0 Å². The van der Waals surface area contributed by atoms with E-state index < -0.39 is 6.04 Å². The van der Waals surface area contributed by atoms with Crippen LogP contribution in [0.1, 0.15) is 31.0 Å². The van der Waals surface area contributed by atoms with Crippen molar-refractivity contribution in [3.8, 4) is 0 Å². The number of aromatic nitrogens is 2. The Hall–Kier alpha value is -2.41. The van der Waals surface area contributed by atoms with Crippen LogP contribution in [0.5, 0.6) is 0 Å². The molecule has 3 aromatic rings. The molecule has 154 valence electrons. The zero-order valence-corrected chi connectivity index (χ0v) is 17.7. The molecular weight excluding hydrogens is 423 g/mol. The van der Waals surface area contributed by atoms with Gasteiger partial charge in [-0.25, -0.2) is 9.88 Å². The third-order valence-electron chi connectivity index (χ3n) is 6.05. The number of carbonyl (C=O) groups is 2. The van der Waals surface area contributed by atoms with Crippen LogP contribution in [-0.4, -0.2) is 45.8 Å². The summed E-state index contributed by atoms with van der Waals surface area (Å²) in [4.78, 5) is 37.2. The number of fused-ring (bicyclic) bond motifs is 1. The van der Waals surface area contributed by atoms with Gasteiger partial charge in [-0.3, -0.25) is 14.5 Å². The second-order valence-electron chi connectivity index (χ2n) is 7.84. The van der Waals surface area contributed by atoms with E-state index in [1.807, 2.05) is 24.3 Å². The van der Waals surface area contributed by atoms with Crippen LogP contribution < -0.4 is 4.90 Å². The predicted octanol–water partition coefficient (Wildman–Crippen LogP) is 4.38. The monoisotopic (exact) mass is 442 g/mol. The summed E-state index contributed by atoms with van der Waals surface area (Å²) in [5.74, 6) is 0.928. The number of piperidine rings is 1. The smallest absolute Gasteiger partial charge is 0.251 e. The number of nitrogens with one attached hydrogen (secondary N) is 1. The molecule has 2 aliphatic rings. The lowest BCUT2D eigenvalue weighted by Gasteiger charge is -2.34. The van der Waals surface area contributed by atoms with Crippen molar-refractivity contribution in [3.63, 3.8) is 0 Å². The Kier molecular flexibility index (Phi) is 5.01. The molecule has 2 amide bonds. The lowest BCUT2D eigenvalue weighted by molar-refractivity contribution is -0.123. The van der Waals surface area contributed by atoms with Gasteiger partial charge in [0.1, 0.15) is 5.82 Å². The number of anilines is 1. The van der Waals surface area contributed by atoms with Crippen LogP contribution in [-0.2, 0) is 9.59 Å². The summed E-state index contributed by atoms with van der Waals surface area (Å²) in [5, 5.41) is 0.716. The number of imide groups is 1. The third kappa shape index (κ3) is 3.39. The Morgan fingerprint density at radius 2 is 1.77 bits per heavy atom. The van der Waals surface area contributed by atoms with Gasteiger partial charge < -0.3 is 4.98 Å². The van der Waals surface area contributed by atoms with E-state index in [2.05, 4.69) is 9.88 Å². The first-order valence-corrected chi connectivity index (χ1v) is 10.8. The average molecular weight is 443 g/mol. The van der Waals surface area contributed by atoms with E-state index in [9.17, 15) is 9.59 Å². The van der Waals surface area contributed by atoms with Gasteiger partial charge in [-0.2, -0.15) is 0 Å². The summed E-state index contributed by atoms with van der Waals surface area (Å²) in [6, 6.07) is 12.4. The van der Waals surface area contributed by atoms with Gasteiger partial charge >= 0.3 is 0 Å². The highest BCUT2D eigenvalue weighted by molar-refractivity contribution is 6.42. The van der Waals surface area contributed by atoms with Crippen LogP contribution in [0.15, 0.2) is 42.5 Å². The second-order valence-corrected chi connectivity index (χ2v) is 8.65. The molecule has 2 aromatic carbocycles. The molecular formula is C22H20Cl2N4O2. The van der Waals surface area contributed by atoms with Gasteiger partial charge in [0, 0.05) is 5.92 Å². The Morgan fingerprint density at radius 1 is 1.00 bits per heavy atom. The van der Waals surface area contributed by atoms with Crippen molar-refractivity contribution in [1.82, 2.24) is 14.9 Å². The normalized spacial score (nSPS) is 21.1. The number of imidazole rings is 1. The number of likely N-dealkylation sites (tertiary alicyclic amines) is 1. The topological polar surface area (TPSA) is 69.3 Å². The number of H-pyrrole nitrogens is 1. The predicted molar refractivity (Wildman–Crippen MR) is 117 cm³/mol. The number of para-hydroxylation sites is 2. The Labute approximate surface area is 183 Å². The van der Waals surface area contributed by atoms with E-state index in [1.54, 1.807) is 18.2 Å². The van der Waals surface area contributed by atoms with Crippen molar-refractivity contribution in [3.05, 3.63) is 58.3 Å². The number of benzene rings is 2. The number of nitrogens with zero attached hydrogens (tertiary/aromatic N) is 3. The molecule has 0 saturated carbocycles. The largest absolute Gasteiger partial charge is 0.342 e. The Balaban J connectivity index is 1.28. The van der Waals surface area contributed by atoms with Crippen molar-refractivity contribution in [1.29, 1.82) is 0 Å². The molecule has 0 unspecified atom stereocenters. The van der Waals surface area contributed by atoms with Crippen molar-refractivity contribution in [2.24, 2.45) is 0 Å². The minimum atomic E-state index is -0.427. The zero-order valence-electron chi connectivity index (χ0n) is 16.1. The second kappa shape index (κ2) is 7.69. The van der Waals surface area contributed by atoms with Gasteiger partial charge in [0.25, 0.3) is 5.91 Å². The number of carbonyl (C=O) groups excluding carboxylic acids is 2. The number of aromatic amines is 1. The van der Waals surface area contributed by atoms with Crippen LogP contribution in [0.4, 0.5) is 5.69 Å². The minimum absolute atomic E-state index is 0.189. The standard InChI is InChI=1S/C22H20Cl2N4O2/c23-15-6-5-14(11-16(15)24)28-20(29)12-19(22(28)30)27-9-7-13(8-10-27)21-25-17-3-1-2-4-18(17)26-21/h1-6,11,13,19H,7-10,12H2,(H,25,26)/t19-/m1/s1. The van der Waals surface area contributed by atoms with Crippen molar-refractivity contribution in [2.45, 2.75) is 31.2 Å². The first-order chi connectivity index (χ1) is 14.5. The molecule has 30 heavy (non-hydrogen) atoms. The van der Waals surface area contributed by atoms with Crippen LogP contribution >= 0.6 is 23.2 Å². The molecule has 6 nitrogen and oxygen atoms in total. The van der Waals surface area contributed by atoms with Crippen LogP contribution in [0.3, 0.4) is 0 Å². The Bertz CT molecular complexity index is 1100. The molecule has 3 heterocycles. The maximum Gasteiger partial charge on any atom is 0.251 e. The summed E-state index contributed by atoms with van der Waals surface area (Å²) >= 11 is 12.0. The van der Waals surface area contributed by atoms with Crippen LogP contribution in [0, 0.1) is 0 Å². The SMILES string of the molecule is O=C1C[C@@H](N2CCC(c3nc4ccccc4[nH]3)CC2)C(=O)N1c1ccc(Cl)c(Cl)c1. The third-order valence-corrected chi connectivity index (χ3v) is 6.79. The molecule has 2 fully saturated rings. The van der Waals surface area contributed by atoms with E-state index >= 15 is 0 Å². The fourth-order valence-corrected chi connectivity index (χ4v) is 4.74. The summed E-state index contributed by atoms with van der Waals surface area (Å²) in [6.45, 7) is 1.50. The lowest BCUT2D eigenvalue weighted by Crippen LogP contribution is -2.45. The molecule has 2 aliphatic heterocycles. The maximum atomic E-state index is 13.0. The van der Waals surface area contributed by atoms with E-state index in [4.69, 9.17) is 28.2 Å². The molecule has 5 rings (SSSR count). The van der Waals surface area contributed by atoms with Gasteiger partial charge in [-0.15, -0.1) is 0 Å². The maximum absolute atomic E-state index is 13.0. The van der Waals surface area contributed by atoms with Gasteiger partial charge in [-0.05, 0) is 56.3 Å². The van der Waals surface area contributed by atoms with Gasteiger partial charge in [0.05, 0.1) is 39.2 Å². The molecule has 0 bridgehead atoms. The fourth-order valence-electron chi connectivity index (χ4n) is 4.45. The van der Waals surface area contributed by atoms with Gasteiger partial charge in [0.15, 0.2) is 0 Å². The molecule has 0 aliphatic carbocycles. The number of hydrogen-bond donors (Lipinski definition) is 1. The summed E-state index contributed by atoms with van der Waals surface area (Å²) < 4.78 is 0. The number of amides is 2. The fraction of sp³-hybridized carbons (Fsp3) is 0.318. The number of hydrogen-bond acceptors (Lipinski definition) is 4. The lowest BCUT2D eigenvalue weighted by atomic mass is 9.95. The molecule has 0 spiro atoms. The molecule has 8 heteroatoms. The number of rotatable bonds is 3. The number of halogens is 2. The van der Waals surface area contributed by atoms with Crippen molar-refractivity contribution in [2.75, 3.05) is 18.0 Å². The van der Waals surface area contributed by atoms with Gasteiger partial charge in [0.2, 0.25) is 5.91 Å². The molecule has 1 N–H and O–H groups in total. The van der Waals surface area contributed by atoms with Gasteiger partial charge in [-0.1, -0.05) is 35.3 Å². The molecule has 1 atom stereocenters. The van der Waals surface area contributed by atoms with Crippen molar-refractivity contribution >= 4 is 51.7 Å². The molecule has 2 saturated heterocycles. The van der Waals surface area contributed by atoms with Crippen LogP contribution in [0.2, 0.25) is 10.0 Å². The Morgan fingerprint density at radius 3 is 2.50 bits per heavy atom. The highest BCUT2D eigenvalue weighted by Crippen LogP contribution is 2.34. The average Bonchev–Trinajstić information content (AvgIpc) is 3.31. The van der Waals surface area contributed by atoms with E-state index in [0.29, 0.717) is 21.7 Å². The summed E-state index contributed by atoms with van der Waals surface area (Å²) in [5.41, 5.74) is 2.49. The summed E-state index contributed by atoms with van der Waals surface area (Å²) in [7, 11) is 0. The van der Waals surface area contributed by atoms with E-state index in [1.165, 1.54) is 4.90 Å². The highest BCUT2D eigenvalue weighted by Gasteiger charge is 2.43. The van der Waals surface area contributed by atoms with E-state index in [0.717, 1.165) is 42.8 Å². The van der Waals surface area contributed by atoms with Crippen molar-refractivity contribution < 1.29 is 9.59 Å². The quantitative estimate of drug-likeness (QED) is 0.610. The zero-order chi connectivity index (χ0) is 20.8. The first kappa shape index (κ1) is 19.5. The minimum Gasteiger partial charge on any atom is -0.342 e.